The van der Waals surface area contributed by atoms with Gasteiger partial charge in [0.05, 0.1) is 15.6 Å². The van der Waals surface area contributed by atoms with Gasteiger partial charge in [-0.05, 0) is 79.6 Å². The number of benzene rings is 1. The van der Waals surface area contributed by atoms with Crippen LogP contribution in [-0.2, 0) is 10.0 Å². The Hall–Kier alpha value is -0.380. The van der Waals surface area contributed by atoms with Crippen molar-refractivity contribution >= 4 is 32.6 Å². The number of hydrogen-bond donors (Lipinski definition) is 1. The predicted octanol–water partition coefficient (Wildman–Crippen LogP) is 3.23. The minimum absolute atomic E-state index is 0.289. The minimum Gasteiger partial charge on any atom is -0.496 e. The van der Waals surface area contributed by atoms with Crippen molar-refractivity contribution in [3.63, 3.8) is 0 Å². The Bertz CT molecular complexity index is 637. The van der Waals surface area contributed by atoms with Crippen molar-refractivity contribution in [1.82, 2.24) is 9.62 Å². The average Bonchev–Trinajstić information content (AvgIpc) is 2.59. The second kappa shape index (κ2) is 9.35. The summed E-state index contributed by atoms with van der Waals surface area (Å²) in [4.78, 5) is 2.80. The lowest BCUT2D eigenvalue weighted by Crippen LogP contribution is -2.40. The van der Waals surface area contributed by atoms with E-state index in [9.17, 15) is 8.42 Å². The highest BCUT2D eigenvalue weighted by Gasteiger charge is 2.20. The van der Waals surface area contributed by atoms with Gasteiger partial charge in [0, 0.05) is 12.6 Å². The van der Waals surface area contributed by atoms with Gasteiger partial charge in [-0.1, -0.05) is 13.3 Å². The van der Waals surface area contributed by atoms with E-state index in [-0.39, 0.29) is 4.90 Å². The van der Waals surface area contributed by atoms with Gasteiger partial charge in [0.25, 0.3) is 0 Å². The molecule has 1 fully saturated rings. The summed E-state index contributed by atoms with van der Waals surface area (Å²) in [6.07, 6.45) is 5.86. The molecule has 1 aliphatic heterocycles. The van der Waals surface area contributed by atoms with Crippen molar-refractivity contribution in [3.05, 3.63) is 21.8 Å². The molecule has 1 aromatic rings. The Labute approximate surface area is 159 Å². The lowest BCUT2D eigenvalue weighted by molar-refractivity contribution is 0.143. The third-order valence-electron chi connectivity index (χ3n) is 4.57. The van der Waals surface area contributed by atoms with Crippen molar-refractivity contribution in [3.8, 4) is 5.75 Å². The fourth-order valence-corrected chi connectivity index (χ4v) is 5.25. The topological polar surface area (TPSA) is 58.6 Å². The van der Waals surface area contributed by atoms with Crippen molar-refractivity contribution in [2.75, 3.05) is 26.7 Å². The van der Waals surface area contributed by atoms with E-state index in [1.165, 1.54) is 25.7 Å². The van der Waals surface area contributed by atoms with Gasteiger partial charge < -0.3 is 9.64 Å². The lowest BCUT2D eigenvalue weighted by atomic mass is 10.00. The Morgan fingerprint density at radius 2 is 2.17 bits per heavy atom. The van der Waals surface area contributed by atoms with Gasteiger partial charge in [-0.2, -0.15) is 0 Å². The van der Waals surface area contributed by atoms with E-state index in [0.717, 1.165) is 23.1 Å². The van der Waals surface area contributed by atoms with Crippen LogP contribution in [0.4, 0.5) is 0 Å². The molecular formula is C17H27IN2O3S. The molecule has 0 bridgehead atoms. The fraction of sp³-hybridized carbons (Fsp3) is 0.647. The monoisotopic (exact) mass is 466 g/mol. The highest BCUT2D eigenvalue weighted by molar-refractivity contribution is 14.1. The number of nitrogens with one attached hydrogen (secondary N) is 1. The molecule has 2 rings (SSSR count). The molecule has 0 saturated carbocycles. The van der Waals surface area contributed by atoms with Crippen LogP contribution in [-0.4, -0.2) is 46.1 Å². The number of piperidine rings is 1. The van der Waals surface area contributed by atoms with Crippen LogP contribution in [0, 0.1) is 3.57 Å². The summed E-state index contributed by atoms with van der Waals surface area (Å²) in [5.74, 6) is 0.685. The fourth-order valence-electron chi connectivity index (χ4n) is 3.20. The maximum absolute atomic E-state index is 12.4. The minimum atomic E-state index is -3.46. The smallest absolute Gasteiger partial charge is 0.240 e. The van der Waals surface area contributed by atoms with Crippen LogP contribution in [0.15, 0.2) is 23.1 Å². The highest BCUT2D eigenvalue weighted by Crippen LogP contribution is 2.24. The molecule has 0 spiro atoms. The van der Waals surface area contributed by atoms with Gasteiger partial charge in [0.15, 0.2) is 0 Å². The standard InChI is InChI=1S/C17H27IN2O3S/c1-3-14-7-4-5-11-20(14)12-6-10-19-24(21,22)15-8-9-17(23-2)16(18)13-15/h8-9,13-14,19H,3-7,10-12H2,1-2H3. The summed E-state index contributed by atoms with van der Waals surface area (Å²) in [5.41, 5.74) is 0. The molecule has 5 nitrogen and oxygen atoms in total. The number of halogens is 1. The Morgan fingerprint density at radius 3 is 2.83 bits per heavy atom. The quantitative estimate of drug-likeness (QED) is 0.472. The second-order valence-corrected chi connectivity index (χ2v) is 9.07. The van der Waals surface area contributed by atoms with Crippen LogP contribution < -0.4 is 9.46 Å². The number of nitrogens with zero attached hydrogens (tertiary/aromatic N) is 1. The summed E-state index contributed by atoms with van der Waals surface area (Å²) in [6, 6.07) is 5.58. The zero-order chi connectivity index (χ0) is 17.6. The van der Waals surface area contributed by atoms with E-state index in [1.807, 2.05) is 0 Å². The van der Waals surface area contributed by atoms with E-state index < -0.39 is 10.0 Å². The average molecular weight is 466 g/mol. The molecule has 1 unspecified atom stereocenters. The maximum atomic E-state index is 12.4. The predicted molar refractivity (Wildman–Crippen MR) is 105 cm³/mol. The van der Waals surface area contributed by atoms with Crippen LogP contribution in [0.3, 0.4) is 0 Å². The molecule has 1 heterocycles. The van der Waals surface area contributed by atoms with Gasteiger partial charge in [0.1, 0.15) is 5.75 Å². The van der Waals surface area contributed by atoms with Gasteiger partial charge in [-0.25, -0.2) is 13.1 Å². The van der Waals surface area contributed by atoms with Gasteiger partial charge in [0.2, 0.25) is 10.0 Å². The van der Waals surface area contributed by atoms with Crippen molar-refractivity contribution in [2.24, 2.45) is 0 Å². The summed E-state index contributed by atoms with van der Waals surface area (Å²) in [5, 5.41) is 0. The summed E-state index contributed by atoms with van der Waals surface area (Å²) in [7, 11) is -1.88. The van der Waals surface area contributed by atoms with E-state index in [1.54, 1.807) is 25.3 Å². The number of hydrogen-bond acceptors (Lipinski definition) is 4. The van der Waals surface area contributed by atoms with E-state index in [4.69, 9.17) is 4.74 Å². The first-order valence-corrected chi connectivity index (χ1v) is 11.1. The van der Waals surface area contributed by atoms with E-state index in [0.29, 0.717) is 18.3 Å². The van der Waals surface area contributed by atoms with Crippen LogP contribution in [0.1, 0.15) is 39.0 Å². The highest BCUT2D eigenvalue weighted by atomic mass is 127. The van der Waals surface area contributed by atoms with Gasteiger partial charge >= 0.3 is 0 Å². The lowest BCUT2D eigenvalue weighted by Gasteiger charge is -2.35. The first kappa shape index (κ1) is 19.9. The Balaban J connectivity index is 1.85. The number of sulfonamides is 1. The molecule has 1 aliphatic rings. The third-order valence-corrected chi connectivity index (χ3v) is 6.87. The van der Waals surface area contributed by atoms with Crippen molar-refractivity contribution in [2.45, 2.75) is 50.0 Å². The molecule has 1 saturated heterocycles. The SMILES string of the molecule is CCC1CCCCN1CCCNS(=O)(=O)c1ccc(OC)c(I)c1. The van der Waals surface area contributed by atoms with Crippen LogP contribution in [0.2, 0.25) is 0 Å². The van der Waals surface area contributed by atoms with Crippen molar-refractivity contribution in [1.29, 1.82) is 0 Å². The Morgan fingerprint density at radius 1 is 1.38 bits per heavy atom. The zero-order valence-electron chi connectivity index (χ0n) is 14.4. The van der Waals surface area contributed by atoms with Crippen LogP contribution >= 0.6 is 22.6 Å². The molecule has 24 heavy (non-hydrogen) atoms. The van der Waals surface area contributed by atoms with Crippen LogP contribution in [0.25, 0.3) is 0 Å². The molecule has 0 radical (unpaired) electrons. The Kier molecular flexibility index (Phi) is 7.77. The van der Waals surface area contributed by atoms with Gasteiger partial charge in [-0.3, -0.25) is 0 Å². The molecule has 1 atom stereocenters. The largest absolute Gasteiger partial charge is 0.496 e. The maximum Gasteiger partial charge on any atom is 0.240 e. The number of methoxy groups -OCH3 is 1. The number of ether oxygens (including phenoxy) is 1. The van der Waals surface area contributed by atoms with E-state index >= 15 is 0 Å². The normalized spacial score (nSPS) is 19.4. The first-order chi connectivity index (χ1) is 11.5. The molecule has 1 N–H and O–H groups in total. The molecule has 1 aromatic carbocycles. The first-order valence-electron chi connectivity index (χ1n) is 8.55. The summed E-state index contributed by atoms with van der Waals surface area (Å²) >= 11 is 2.08. The second-order valence-electron chi connectivity index (χ2n) is 6.14. The number of rotatable bonds is 8. The number of likely N-dealkylation sites (tertiary alicyclic amines) is 1. The van der Waals surface area contributed by atoms with Crippen molar-refractivity contribution < 1.29 is 13.2 Å². The molecule has 7 heteroatoms. The third kappa shape index (κ3) is 5.31. The molecular weight excluding hydrogens is 439 g/mol. The zero-order valence-corrected chi connectivity index (χ0v) is 17.4. The molecule has 0 amide bonds. The van der Waals surface area contributed by atoms with E-state index in [2.05, 4.69) is 39.1 Å². The van der Waals surface area contributed by atoms with Crippen LogP contribution in [0.5, 0.6) is 5.75 Å². The molecule has 0 aliphatic carbocycles. The van der Waals surface area contributed by atoms with Gasteiger partial charge in [-0.15, -0.1) is 0 Å². The molecule has 0 aromatic heterocycles. The summed E-state index contributed by atoms with van der Waals surface area (Å²) < 4.78 is 33.4. The molecule has 136 valence electrons. The summed E-state index contributed by atoms with van der Waals surface area (Å²) in [6.45, 7) is 4.80.